The Morgan fingerprint density at radius 2 is 1.96 bits per heavy atom. The molecule has 0 fully saturated rings. The quantitative estimate of drug-likeness (QED) is 0.551. The lowest BCUT2D eigenvalue weighted by molar-refractivity contribution is 0.871. The first-order chi connectivity index (χ1) is 11.2. The molecule has 0 unspecified atom stereocenters. The second kappa shape index (κ2) is 6.89. The predicted octanol–water partition coefficient (Wildman–Crippen LogP) is 4.71. The molecule has 3 rings (SSSR count). The molecule has 1 aromatic heterocycles. The number of hydrogen-bond donors (Lipinski definition) is 1. The van der Waals surface area contributed by atoms with Gasteiger partial charge in [-0.05, 0) is 41.9 Å². The molecule has 1 heterocycles. The monoisotopic (exact) mass is 342 g/mol. The Balaban J connectivity index is 1.97. The number of aromatic nitrogens is 3. The van der Waals surface area contributed by atoms with Crippen LogP contribution < -0.4 is 0 Å². The van der Waals surface area contributed by atoms with E-state index in [0.29, 0.717) is 15.6 Å². The van der Waals surface area contributed by atoms with Crippen molar-refractivity contribution >= 4 is 30.0 Å². The van der Waals surface area contributed by atoms with E-state index in [9.17, 15) is 0 Å². The van der Waals surface area contributed by atoms with Crippen LogP contribution in [-0.4, -0.2) is 21.1 Å². The number of H-pyrrole nitrogens is 1. The van der Waals surface area contributed by atoms with Crippen molar-refractivity contribution in [3.8, 4) is 11.4 Å². The van der Waals surface area contributed by atoms with Gasteiger partial charge in [0.05, 0.1) is 11.2 Å². The van der Waals surface area contributed by atoms with Gasteiger partial charge in [0.2, 0.25) is 4.77 Å². The zero-order valence-corrected chi connectivity index (χ0v) is 14.1. The first kappa shape index (κ1) is 15.6. The van der Waals surface area contributed by atoms with E-state index in [1.165, 1.54) is 5.56 Å². The molecule has 0 radical (unpaired) electrons. The third-order valence-electron chi connectivity index (χ3n) is 3.48. The van der Waals surface area contributed by atoms with Gasteiger partial charge in [0, 0.05) is 5.56 Å². The highest BCUT2D eigenvalue weighted by Crippen LogP contribution is 2.25. The summed E-state index contributed by atoms with van der Waals surface area (Å²) in [6, 6.07) is 15.7. The summed E-state index contributed by atoms with van der Waals surface area (Å²) in [5.74, 6) is 0.585. The molecular weight excluding hydrogens is 328 g/mol. The van der Waals surface area contributed by atoms with Crippen LogP contribution in [0, 0.1) is 4.77 Å². The van der Waals surface area contributed by atoms with Crippen LogP contribution >= 0.6 is 23.8 Å². The summed E-state index contributed by atoms with van der Waals surface area (Å²) >= 11 is 11.5. The van der Waals surface area contributed by atoms with E-state index in [0.717, 1.165) is 17.5 Å². The number of halogens is 1. The molecule has 0 atom stereocenters. The van der Waals surface area contributed by atoms with Crippen LogP contribution in [0.2, 0.25) is 5.02 Å². The molecule has 0 aliphatic carbocycles. The molecule has 23 heavy (non-hydrogen) atoms. The average molecular weight is 343 g/mol. The fourth-order valence-electron chi connectivity index (χ4n) is 2.18. The number of nitrogens with zero attached hydrogens (tertiary/aromatic N) is 3. The molecule has 0 bridgehead atoms. The lowest BCUT2D eigenvalue weighted by Gasteiger charge is -2.03. The molecule has 4 nitrogen and oxygen atoms in total. The fraction of sp³-hybridized carbons (Fsp3) is 0.118. The lowest BCUT2D eigenvalue weighted by Crippen LogP contribution is -1.95. The Labute approximate surface area is 144 Å². The van der Waals surface area contributed by atoms with Crippen LogP contribution in [0.25, 0.3) is 11.4 Å². The highest BCUT2D eigenvalue weighted by Gasteiger charge is 2.11. The molecule has 2 aromatic carbocycles. The van der Waals surface area contributed by atoms with Crippen molar-refractivity contribution in [2.45, 2.75) is 13.3 Å². The van der Waals surface area contributed by atoms with E-state index >= 15 is 0 Å². The summed E-state index contributed by atoms with van der Waals surface area (Å²) in [5, 5.41) is 12.0. The maximum absolute atomic E-state index is 6.24. The first-order valence-corrected chi connectivity index (χ1v) is 8.03. The van der Waals surface area contributed by atoms with Gasteiger partial charge in [0.25, 0.3) is 0 Å². The minimum atomic E-state index is 0.418. The predicted molar refractivity (Wildman–Crippen MR) is 96.7 cm³/mol. The van der Waals surface area contributed by atoms with E-state index < -0.39 is 0 Å². The second-order valence-corrected chi connectivity index (χ2v) is 5.78. The summed E-state index contributed by atoms with van der Waals surface area (Å²) in [7, 11) is 0. The number of aryl methyl sites for hydroxylation is 1. The molecule has 0 spiro atoms. The van der Waals surface area contributed by atoms with Gasteiger partial charge in [-0.15, -0.1) is 0 Å². The topological polar surface area (TPSA) is 46.0 Å². The Bertz CT molecular complexity index is 893. The standard InChI is InChI=1S/C17H15ClN4S/c1-2-12-7-9-13(10-8-12)11-19-22-16(20-21-17(22)23)14-5-3-4-6-15(14)18/h3-11H,2H2,1H3,(H,21,23)/b19-11+. The van der Waals surface area contributed by atoms with Gasteiger partial charge >= 0.3 is 0 Å². The summed E-state index contributed by atoms with van der Waals surface area (Å²) in [6.45, 7) is 2.13. The van der Waals surface area contributed by atoms with E-state index in [-0.39, 0.29) is 0 Å². The molecule has 0 aliphatic rings. The molecular formula is C17H15ClN4S. The van der Waals surface area contributed by atoms with E-state index in [1.54, 1.807) is 10.9 Å². The molecule has 0 saturated carbocycles. The average Bonchev–Trinajstić information content (AvgIpc) is 2.94. The second-order valence-electron chi connectivity index (χ2n) is 4.98. The minimum Gasteiger partial charge on any atom is -0.250 e. The summed E-state index contributed by atoms with van der Waals surface area (Å²) in [4.78, 5) is 0. The van der Waals surface area contributed by atoms with Crippen molar-refractivity contribution in [2.75, 3.05) is 0 Å². The minimum absolute atomic E-state index is 0.418. The molecule has 0 amide bonds. The highest BCUT2D eigenvalue weighted by molar-refractivity contribution is 7.71. The molecule has 116 valence electrons. The van der Waals surface area contributed by atoms with Crippen molar-refractivity contribution < 1.29 is 0 Å². The number of benzene rings is 2. The zero-order chi connectivity index (χ0) is 16.2. The summed E-state index contributed by atoms with van der Waals surface area (Å²) < 4.78 is 1.99. The van der Waals surface area contributed by atoms with Crippen molar-refractivity contribution in [2.24, 2.45) is 5.10 Å². The maximum Gasteiger partial charge on any atom is 0.216 e. The van der Waals surface area contributed by atoms with E-state index in [1.807, 2.05) is 36.4 Å². The van der Waals surface area contributed by atoms with Crippen molar-refractivity contribution in [3.05, 3.63) is 69.5 Å². The van der Waals surface area contributed by atoms with Crippen LogP contribution in [0.3, 0.4) is 0 Å². The summed E-state index contributed by atoms with van der Waals surface area (Å²) in [6.07, 6.45) is 2.77. The Morgan fingerprint density at radius 3 is 2.65 bits per heavy atom. The Hall–Kier alpha value is -2.24. The fourth-order valence-corrected chi connectivity index (χ4v) is 2.58. The third-order valence-corrected chi connectivity index (χ3v) is 4.07. The lowest BCUT2D eigenvalue weighted by atomic mass is 10.1. The molecule has 3 aromatic rings. The third kappa shape index (κ3) is 3.41. The SMILES string of the molecule is CCc1ccc(/C=N/n2c(-c3ccccc3Cl)n[nH]c2=S)cc1. The van der Waals surface area contributed by atoms with Gasteiger partial charge < -0.3 is 0 Å². The largest absolute Gasteiger partial charge is 0.250 e. The van der Waals surface area contributed by atoms with E-state index in [2.05, 4.69) is 34.4 Å². The van der Waals surface area contributed by atoms with Crippen LogP contribution in [0.1, 0.15) is 18.1 Å². The van der Waals surface area contributed by atoms with Crippen LogP contribution in [0.4, 0.5) is 0 Å². The molecule has 0 aliphatic heterocycles. The van der Waals surface area contributed by atoms with E-state index in [4.69, 9.17) is 23.8 Å². The van der Waals surface area contributed by atoms with Crippen molar-refractivity contribution in [1.82, 2.24) is 14.9 Å². The van der Waals surface area contributed by atoms with Crippen LogP contribution in [0.5, 0.6) is 0 Å². The zero-order valence-electron chi connectivity index (χ0n) is 12.5. The normalized spacial score (nSPS) is 11.2. The van der Waals surface area contributed by atoms with Gasteiger partial charge in [-0.25, -0.2) is 5.10 Å². The Morgan fingerprint density at radius 1 is 1.22 bits per heavy atom. The van der Waals surface area contributed by atoms with Crippen LogP contribution in [0.15, 0.2) is 53.6 Å². The smallest absolute Gasteiger partial charge is 0.216 e. The summed E-state index contributed by atoms with van der Waals surface area (Å²) in [5.41, 5.74) is 3.06. The first-order valence-electron chi connectivity index (χ1n) is 7.24. The molecule has 0 saturated heterocycles. The van der Waals surface area contributed by atoms with Gasteiger partial charge in [-0.3, -0.25) is 0 Å². The Kier molecular flexibility index (Phi) is 4.69. The van der Waals surface area contributed by atoms with Crippen molar-refractivity contribution in [1.29, 1.82) is 0 Å². The molecule has 6 heteroatoms. The molecule has 1 N–H and O–H groups in total. The van der Waals surface area contributed by atoms with Crippen molar-refractivity contribution in [3.63, 3.8) is 0 Å². The number of hydrogen-bond acceptors (Lipinski definition) is 3. The van der Waals surface area contributed by atoms with Gasteiger partial charge in [-0.2, -0.15) is 14.9 Å². The van der Waals surface area contributed by atoms with Gasteiger partial charge in [0.15, 0.2) is 5.82 Å². The van der Waals surface area contributed by atoms with Gasteiger partial charge in [-0.1, -0.05) is 54.9 Å². The van der Waals surface area contributed by atoms with Crippen LogP contribution in [-0.2, 0) is 6.42 Å². The number of aromatic amines is 1. The number of nitrogens with one attached hydrogen (secondary N) is 1. The highest BCUT2D eigenvalue weighted by atomic mass is 35.5. The van der Waals surface area contributed by atoms with Gasteiger partial charge in [0.1, 0.15) is 0 Å². The number of rotatable bonds is 4. The maximum atomic E-state index is 6.24.